The Bertz CT molecular complexity index is 1420. The lowest BCUT2D eigenvalue weighted by atomic mass is 10.1. The second-order valence-electron chi connectivity index (χ2n) is 10.1. The van der Waals surface area contributed by atoms with Gasteiger partial charge in [0, 0.05) is 19.7 Å². The number of anilines is 2. The SMILES string of the molecule is COc1cccc(OC)c1-n1c(NS(=O)(=O)[C@@H]2C[C@@H](OC(C)C)CN(c3ncc(F)cn3)C2)nnc1C1CCCO1. The summed E-state index contributed by atoms with van der Waals surface area (Å²) >= 11 is 0. The largest absolute Gasteiger partial charge is 0.494 e. The van der Waals surface area contributed by atoms with Crippen LogP contribution >= 0.6 is 0 Å². The predicted molar refractivity (Wildman–Crippen MR) is 148 cm³/mol. The average molecular weight is 592 g/mol. The first-order valence-electron chi connectivity index (χ1n) is 13.4. The molecule has 0 bridgehead atoms. The number of piperidine rings is 1. The number of benzene rings is 1. The Morgan fingerprint density at radius 2 is 1.80 bits per heavy atom. The Morgan fingerprint density at radius 3 is 2.41 bits per heavy atom. The number of sulfonamides is 1. The smallest absolute Gasteiger partial charge is 0.243 e. The van der Waals surface area contributed by atoms with Gasteiger partial charge >= 0.3 is 0 Å². The van der Waals surface area contributed by atoms with Gasteiger partial charge in [0.2, 0.25) is 21.9 Å². The van der Waals surface area contributed by atoms with Crippen molar-refractivity contribution in [2.75, 3.05) is 43.5 Å². The van der Waals surface area contributed by atoms with E-state index in [4.69, 9.17) is 18.9 Å². The Balaban J connectivity index is 1.52. The van der Waals surface area contributed by atoms with Crippen LogP contribution in [0.1, 0.15) is 45.0 Å². The summed E-state index contributed by atoms with van der Waals surface area (Å²) in [5.74, 6) is 0.896. The van der Waals surface area contributed by atoms with E-state index < -0.39 is 27.2 Å². The zero-order valence-electron chi connectivity index (χ0n) is 23.4. The average Bonchev–Trinajstić information content (AvgIpc) is 3.62. The molecule has 2 saturated heterocycles. The number of halogens is 1. The highest BCUT2D eigenvalue weighted by Gasteiger charge is 2.39. The third kappa shape index (κ3) is 6.21. The molecule has 41 heavy (non-hydrogen) atoms. The molecule has 5 rings (SSSR count). The van der Waals surface area contributed by atoms with Gasteiger partial charge in [-0.05, 0) is 45.2 Å². The molecule has 0 spiro atoms. The Hall–Kier alpha value is -3.56. The lowest BCUT2D eigenvalue weighted by Gasteiger charge is -2.37. The van der Waals surface area contributed by atoms with Gasteiger partial charge in [0.25, 0.3) is 0 Å². The first-order chi connectivity index (χ1) is 19.7. The minimum absolute atomic E-state index is 0.0326. The third-order valence-corrected chi connectivity index (χ3v) is 8.62. The monoisotopic (exact) mass is 591 g/mol. The maximum absolute atomic E-state index is 14.0. The molecule has 1 aromatic carbocycles. The highest BCUT2D eigenvalue weighted by atomic mass is 32.2. The molecule has 3 aromatic rings. The van der Waals surface area contributed by atoms with Crippen molar-refractivity contribution < 1.29 is 31.8 Å². The fourth-order valence-electron chi connectivity index (χ4n) is 5.18. The van der Waals surface area contributed by atoms with E-state index in [1.165, 1.54) is 14.2 Å². The highest BCUT2D eigenvalue weighted by molar-refractivity contribution is 7.93. The second kappa shape index (κ2) is 12.1. The first kappa shape index (κ1) is 29.0. The maximum Gasteiger partial charge on any atom is 0.243 e. The fraction of sp³-hybridized carbons (Fsp3) is 0.538. The van der Waals surface area contributed by atoms with E-state index in [-0.39, 0.29) is 37.1 Å². The van der Waals surface area contributed by atoms with Gasteiger partial charge in [-0.15, -0.1) is 10.2 Å². The van der Waals surface area contributed by atoms with Crippen LogP contribution in [0.5, 0.6) is 11.5 Å². The summed E-state index contributed by atoms with van der Waals surface area (Å²) < 4.78 is 68.8. The molecule has 0 saturated carbocycles. The van der Waals surface area contributed by atoms with E-state index in [0.29, 0.717) is 42.6 Å². The summed E-state index contributed by atoms with van der Waals surface area (Å²) in [5.41, 5.74) is 0.441. The van der Waals surface area contributed by atoms with Crippen molar-refractivity contribution in [2.24, 2.45) is 0 Å². The number of rotatable bonds is 10. The lowest BCUT2D eigenvalue weighted by molar-refractivity contribution is 0.00147. The van der Waals surface area contributed by atoms with Crippen LogP contribution in [0.15, 0.2) is 30.6 Å². The summed E-state index contributed by atoms with van der Waals surface area (Å²) in [6.45, 7) is 4.73. The second-order valence-corrected chi connectivity index (χ2v) is 12.1. The van der Waals surface area contributed by atoms with Gasteiger partial charge in [-0.1, -0.05) is 6.07 Å². The number of nitrogens with zero attached hydrogens (tertiary/aromatic N) is 6. The molecule has 2 aromatic heterocycles. The maximum atomic E-state index is 14.0. The molecule has 0 radical (unpaired) electrons. The van der Waals surface area contributed by atoms with Crippen LogP contribution in [0.3, 0.4) is 0 Å². The molecular weight excluding hydrogens is 557 g/mol. The molecule has 13 nitrogen and oxygen atoms in total. The zero-order valence-corrected chi connectivity index (χ0v) is 24.2. The Morgan fingerprint density at radius 1 is 1.10 bits per heavy atom. The summed E-state index contributed by atoms with van der Waals surface area (Å²) in [7, 11) is -1.05. The van der Waals surface area contributed by atoms with Crippen molar-refractivity contribution in [3.63, 3.8) is 0 Å². The number of hydrogen-bond donors (Lipinski definition) is 1. The normalized spacial score (nSPS) is 21.3. The van der Waals surface area contributed by atoms with Crippen molar-refractivity contribution >= 4 is 21.9 Å². The number of hydrogen-bond acceptors (Lipinski definition) is 11. The van der Waals surface area contributed by atoms with E-state index in [1.807, 2.05) is 13.8 Å². The fourth-order valence-corrected chi connectivity index (χ4v) is 6.58. The van der Waals surface area contributed by atoms with Crippen molar-refractivity contribution in [3.05, 3.63) is 42.2 Å². The predicted octanol–water partition coefficient (Wildman–Crippen LogP) is 2.88. The van der Waals surface area contributed by atoms with E-state index in [2.05, 4.69) is 24.9 Å². The van der Waals surface area contributed by atoms with E-state index >= 15 is 0 Å². The number of ether oxygens (including phenoxy) is 4. The van der Waals surface area contributed by atoms with Crippen LogP contribution in [-0.2, 0) is 19.5 Å². The van der Waals surface area contributed by atoms with Crippen LogP contribution in [0, 0.1) is 5.82 Å². The minimum Gasteiger partial charge on any atom is -0.494 e. The van der Waals surface area contributed by atoms with Gasteiger partial charge in [-0.3, -0.25) is 9.29 Å². The Kier molecular flexibility index (Phi) is 8.56. The van der Waals surface area contributed by atoms with Gasteiger partial charge in [0.1, 0.15) is 28.5 Å². The number of aromatic nitrogens is 5. The molecule has 2 aliphatic rings. The number of methoxy groups -OCH3 is 2. The standard InChI is InChI=1S/C26H34FN7O6S/c1-16(2)40-18-11-19(15-33(14-18)25-28-12-17(27)13-29-25)41(35,36)32-26-31-30-24(22-9-6-10-39-22)34(26)23-20(37-3)7-5-8-21(23)38-4/h5,7-8,12-13,16,18-19,22H,6,9-11,14-15H2,1-4H3,(H,31,32)/t18-,19-,22?/m1/s1. The highest BCUT2D eigenvalue weighted by Crippen LogP contribution is 2.39. The summed E-state index contributed by atoms with van der Waals surface area (Å²) in [5, 5.41) is 7.64. The zero-order chi connectivity index (χ0) is 29.1. The summed E-state index contributed by atoms with van der Waals surface area (Å²) in [4.78, 5) is 9.80. The van der Waals surface area contributed by atoms with Gasteiger partial charge in [0.05, 0.1) is 38.8 Å². The van der Waals surface area contributed by atoms with Crippen LogP contribution in [0.25, 0.3) is 5.69 Å². The van der Waals surface area contributed by atoms with Crippen LogP contribution < -0.4 is 19.1 Å². The van der Waals surface area contributed by atoms with Crippen molar-refractivity contribution in [1.29, 1.82) is 0 Å². The van der Waals surface area contributed by atoms with Crippen molar-refractivity contribution in [3.8, 4) is 17.2 Å². The molecule has 1 unspecified atom stereocenters. The number of nitrogens with one attached hydrogen (secondary N) is 1. The molecular formula is C26H34FN7O6S. The van der Waals surface area contributed by atoms with Crippen molar-refractivity contribution in [1.82, 2.24) is 24.7 Å². The lowest BCUT2D eigenvalue weighted by Crippen LogP contribution is -2.51. The summed E-state index contributed by atoms with van der Waals surface area (Å²) in [6.07, 6.45) is 2.89. The Labute approximate surface area is 238 Å². The first-order valence-corrected chi connectivity index (χ1v) is 14.9. The molecule has 0 aliphatic carbocycles. The molecule has 0 amide bonds. The van der Waals surface area contributed by atoms with E-state index in [1.54, 1.807) is 27.7 Å². The molecule has 4 heterocycles. The molecule has 1 N–H and O–H groups in total. The quantitative estimate of drug-likeness (QED) is 0.372. The van der Waals surface area contributed by atoms with E-state index in [9.17, 15) is 12.8 Å². The molecule has 2 fully saturated rings. The van der Waals surface area contributed by atoms with Crippen LogP contribution in [-0.4, -0.2) is 84.5 Å². The topological polar surface area (TPSA) is 143 Å². The van der Waals surface area contributed by atoms with Gasteiger partial charge in [-0.2, -0.15) is 0 Å². The molecule has 222 valence electrons. The summed E-state index contributed by atoms with van der Waals surface area (Å²) in [6, 6.07) is 5.25. The molecule has 2 aliphatic heterocycles. The van der Waals surface area contributed by atoms with Gasteiger partial charge < -0.3 is 23.8 Å². The van der Waals surface area contributed by atoms with Crippen LogP contribution in [0.2, 0.25) is 0 Å². The van der Waals surface area contributed by atoms with Crippen molar-refractivity contribution in [2.45, 2.75) is 56.7 Å². The van der Waals surface area contributed by atoms with Gasteiger partial charge in [0.15, 0.2) is 11.6 Å². The third-order valence-electron chi connectivity index (χ3n) is 6.93. The number of para-hydroxylation sites is 1. The molecule has 15 heteroatoms. The van der Waals surface area contributed by atoms with E-state index in [0.717, 1.165) is 18.8 Å². The molecule has 3 atom stereocenters. The van der Waals surface area contributed by atoms with Gasteiger partial charge in [-0.25, -0.2) is 22.8 Å². The minimum atomic E-state index is -4.08. The van der Waals surface area contributed by atoms with Crippen LogP contribution in [0.4, 0.5) is 16.3 Å².